The van der Waals surface area contributed by atoms with Gasteiger partial charge >= 0.3 is 0 Å². The Bertz CT molecular complexity index is 586. The minimum atomic E-state index is 0.217. The number of aryl methyl sites for hydroxylation is 1. The van der Waals surface area contributed by atoms with E-state index in [2.05, 4.69) is 15.0 Å². The number of amides is 1. The number of rotatable bonds is 3. The van der Waals surface area contributed by atoms with Gasteiger partial charge in [0, 0.05) is 12.6 Å². The molecule has 132 valence electrons. The van der Waals surface area contributed by atoms with Crippen LogP contribution in [0.2, 0.25) is 0 Å². The van der Waals surface area contributed by atoms with Crippen molar-refractivity contribution in [2.45, 2.75) is 63.6 Å². The van der Waals surface area contributed by atoms with E-state index in [9.17, 15) is 4.79 Å². The van der Waals surface area contributed by atoms with Gasteiger partial charge in [0.25, 0.3) is 0 Å². The molecule has 0 aromatic carbocycles. The number of morpholine rings is 1. The molecule has 0 radical (unpaired) electrons. The highest BCUT2D eigenvalue weighted by atomic mass is 16.5. The van der Waals surface area contributed by atoms with Crippen molar-refractivity contribution in [3.8, 4) is 0 Å². The maximum atomic E-state index is 13.0. The molecule has 3 fully saturated rings. The summed E-state index contributed by atoms with van der Waals surface area (Å²) in [5.74, 6) is 1.09. The van der Waals surface area contributed by atoms with Crippen molar-refractivity contribution in [2.75, 3.05) is 26.2 Å². The van der Waals surface area contributed by atoms with Gasteiger partial charge in [-0.3, -0.25) is 9.69 Å². The number of hydrogen-bond acceptors (Lipinski definition) is 5. The van der Waals surface area contributed by atoms with Gasteiger partial charge in [-0.05, 0) is 39.2 Å². The van der Waals surface area contributed by atoms with E-state index in [0.29, 0.717) is 13.2 Å². The van der Waals surface area contributed by atoms with Crippen molar-refractivity contribution < 1.29 is 14.1 Å². The first kappa shape index (κ1) is 16.1. The number of carbonyl (C=O) groups excluding carboxylic acids is 1. The number of fused-ring (bicyclic) bond motifs is 1. The molecule has 1 aliphatic carbocycles. The molecule has 24 heavy (non-hydrogen) atoms. The molecular weight excluding hydrogens is 306 g/mol. The smallest absolute Gasteiger partial charge is 0.237 e. The van der Waals surface area contributed by atoms with E-state index in [-0.39, 0.29) is 24.1 Å². The molecule has 0 spiro atoms. The number of aromatic nitrogens is 1. The standard InChI is InChI=1S/C18H27N3O3/c1-13-11-14(19-24-13)15-6-4-8-20(15)12-18(22)21-9-10-23-17-7-3-2-5-16(17)21/h11,15-17H,2-10,12H2,1H3/t15-,16-,17+/m0/s1. The minimum absolute atomic E-state index is 0.217. The van der Waals surface area contributed by atoms with Crippen LogP contribution in [0.25, 0.3) is 0 Å². The number of nitrogens with zero attached hydrogens (tertiary/aromatic N) is 3. The summed E-state index contributed by atoms with van der Waals surface area (Å²) in [5, 5.41) is 4.17. The van der Waals surface area contributed by atoms with Gasteiger partial charge in [-0.15, -0.1) is 0 Å². The average molecular weight is 333 g/mol. The zero-order valence-electron chi connectivity index (χ0n) is 14.4. The summed E-state index contributed by atoms with van der Waals surface area (Å²) in [4.78, 5) is 17.3. The van der Waals surface area contributed by atoms with Gasteiger partial charge in [-0.2, -0.15) is 0 Å². The predicted octanol–water partition coefficient (Wildman–Crippen LogP) is 2.29. The van der Waals surface area contributed by atoms with Gasteiger partial charge in [0.2, 0.25) is 5.91 Å². The SMILES string of the molecule is Cc1cc([C@@H]2CCCN2CC(=O)N2CCO[C@@H]3CCCC[C@@H]32)no1. The van der Waals surface area contributed by atoms with E-state index < -0.39 is 0 Å². The lowest BCUT2D eigenvalue weighted by Gasteiger charge is -2.44. The van der Waals surface area contributed by atoms with Crippen LogP contribution in [0.4, 0.5) is 0 Å². The van der Waals surface area contributed by atoms with Crippen LogP contribution in [0.15, 0.2) is 10.6 Å². The van der Waals surface area contributed by atoms with Crippen LogP contribution in [0.1, 0.15) is 56.0 Å². The van der Waals surface area contributed by atoms with E-state index in [4.69, 9.17) is 9.26 Å². The van der Waals surface area contributed by atoms with Crippen molar-refractivity contribution >= 4 is 5.91 Å². The van der Waals surface area contributed by atoms with Crippen molar-refractivity contribution in [1.82, 2.24) is 15.0 Å². The minimum Gasteiger partial charge on any atom is -0.374 e. The summed E-state index contributed by atoms with van der Waals surface area (Å²) in [5.41, 5.74) is 0.968. The zero-order valence-corrected chi connectivity index (χ0v) is 14.4. The highest BCUT2D eigenvalue weighted by Gasteiger charge is 2.38. The molecule has 0 bridgehead atoms. The molecule has 6 heteroatoms. The molecule has 1 aromatic rings. The fraction of sp³-hybridized carbons (Fsp3) is 0.778. The second-order valence-electron chi connectivity index (χ2n) is 7.34. The van der Waals surface area contributed by atoms with Gasteiger partial charge in [0.05, 0.1) is 31.3 Å². The Morgan fingerprint density at radius 3 is 2.96 bits per heavy atom. The average Bonchev–Trinajstić information content (AvgIpc) is 3.23. The van der Waals surface area contributed by atoms with Gasteiger partial charge in [0.15, 0.2) is 0 Å². The third-order valence-electron chi connectivity index (χ3n) is 5.74. The number of ether oxygens (including phenoxy) is 1. The Labute approximate surface area is 143 Å². The van der Waals surface area contributed by atoms with Crippen LogP contribution in [0.5, 0.6) is 0 Å². The van der Waals surface area contributed by atoms with E-state index in [1.165, 1.54) is 12.8 Å². The molecule has 3 atom stereocenters. The lowest BCUT2D eigenvalue weighted by atomic mass is 9.90. The van der Waals surface area contributed by atoms with Crippen LogP contribution in [0, 0.1) is 6.92 Å². The molecule has 0 N–H and O–H groups in total. The fourth-order valence-electron chi connectivity index (χ4n) is 4.56. The summed E-state index contributed by atoms with van der Waals surface area (Å²) in [6.45, 7) is 4.78. The summed E-state index contributed by atoms with van der Waals surface area (Å²) < 4.78 is 11.1. The predicted molar refractivity (Wildman–Crippen MR) is 88.5 cm³/mol. The second kappa shape index (κ2) is 6.84. The maximum absolute atomic E-state index is 13.0. The molecule has 1 saturated carbocycles. The molecule has 2 aliphatic heterocycles. The second-order valence-corrected chi connectivity index (χ2v) is 7.34. The zero-order chi connectivity index (χ0) is 16.5. The lowest BCUT2D eigenvalue weighted by Crippen LogP contribution is -2.56. The number of hydrogen-bond donors (Lipinski definition) is 0. The van der Waals surface area contributed by atoms with Crippen LogP contribution in [-0.4, -0.2) is 59.3 Å². The van der Waals surface area contributed by atoms with Crippen molar-refractivity contribution in [3.63, 3.8) is 0 Å². The normalized spacial score (nSPS) is 31.2. The third kappa shape index (κ3) is 3.09. The highest BCUT2D eigenvalue weighted by Crippen LogP contribution is 2.32. The summed E-state index contributed by atoms with van der Waals surface area (Å²) in [6.07, 6.45) is 7.03. The maximum Gasteiger partial charge on any atom is 0.237 e. The Hall–Kier alpha value is -1.40. The highest BCUT2D eigenvalue weighted by molar-refractivity contribution is 5.79. The van der Waals surface area contributed by atoms with Crippen LogP contribution < -0.4 is 0 Å². The van der Waals surface area contributed by atoms with E-state index in [1.807, 2.05) is 13.0 Å². The molecule has 2 saturated heterocycles. The third-order valence-corrected chi connectivity index (χ3v) is 5.74. The van der Waals surface area contributed by atoms with Crippen molar-refractivity contribution in [1.29, 1.82) is 0 Å². The molecule has 1 aromatic heterocycles. The Morgan fingerprint density at radius 2 is 2.12 bits per heavy atom. The van der Waals surface area contributed by atoms with Crippen LogP contribution in [0.3, 0.4) is 0 Å². The van der Waals surface area contributed by atoms with Crippen molar-refractivity contribution in [3.05, 3.63) is 17.5 Å². The van der Waals surface area contributed by atoms with Gasteiger partial charge in [0.1, 0.15) is 11.5 Å². The lowest BCUT2D eigenvalue weighted by molar-refractivity contribution is -0.150. The first-order valence-corrected chi connectivity index (χ1v) is 9.31. The Balaban J connectivity index is 1.43. The molecule has 0 unspecified atom stereocenters. The molecular formula is C18H27N3O3. The first-order valence-electron chi connectivity index (χ1n) is 9.31. The monoisotopic (exact) mass is 333 g/mol. The fourth-order valence-corrected chi connectivity index (χ4v) is 4.56. The molecule has 1 amide bonds. The molecule has 3 heterocycles. The topological polar surface area (TPSA) is 58.8 Å². The summed E-state index contributed by atoms with van der Waals surface area (Å²) in [7, 11) is 0. The van der Waals surface area contributed by atoms with E-state index in [1.54, 1.807) is 0 Å². The number of likely N-dealkylation sites (tertiary alicyclic amines) is 1. The van der Waals surface area contributed by atoms with E-state index in [0.717, 1.165) is 50.2 Å². The summed E-state index contributed by atoms with van der Waals surface area (Å²) in [6, 6.07) is 2.50. The Kier molecular flexibility index (Phi) is 4.59. The Morgan fingerprint density at radius 1 is 1.25 bits per heavy atom. The summed E-state index contributed by atoms with van der Waals surface area (Å²) >= 11 is 0. The molecule has 6 nitrogen and oxygen atoms in total. The first-order chi connectivity index (χ1) is 11.7. The van der Waals surface area contributed by atoms with Gasteiger partial charge < -0.3 is 14.2 Å². The quantitative estimate of drug-likeness (QED) is 0.849. The van der Waals surface area contributed by atoms with Gasteiger partial charge in [-0.25, -0.2) is 0 Å². The number of carbonyl (C=O) groups is 1. The largest absolute Gasteiger partial charge is 0.374 e. The molecule has 3 aliphatic rings. The molecule has 4 rings (SSSR count). The van der Waals surface area contributed by atoms with Crippen LogP contribution >= 0.6 is 0 Å². The van der Waals surface area contributed by atoms with E-state index >= 15 is 0 Å². The van der Waals surface area contributed by atoms with Crippen molar-refractivity contribution in [2.24, 2.45) is 0 Å². The van der Waals surface area contributed by atoms with Crippen LogP contribution in [-0.2, 0) is 9.53 Å². The van der Waals surface area contributed by atoms with Gasteiger partial charge in [-0.1, -0.05) is 18.0 Å².